The van der Waals surface area contributed by atoms with Gasteiger partial charge in [0.2, 0.25) is 0 Å². The number of benzene rings is 1. The van der Waals surface area contributed by atoms with Crippen LogP contribution in [0.1, 0.15) is 18.9 Å². The van der Waals surface area contributed by atoms with Gasteiger partial charge < -0.3 is 4.89 Å². The van der Waals surface area contributed by atoms with Crippen molar-refractivity contribution in [3.8, 4) is 0 Å². The summed E-state index contributed by atoms with van der Waals surface area (Å²) in [6.45, 7) is 3.30. The molecule has 7 heteroatoms. The first-order chi connectivity index (χ1) is 8.36. The Morgan fingerprint density at radius 3 is 2.33 bits per heavy atom. The van der Waals surface area contributed by atoms with Gasteiger partial charge in [0.1, 0.15) is 0 Å². The normalized spacial score (nSPS) is 15.3. The van der Waals surface area contributed by atoms with E-state index in [2.05, 4.69) is 0 Å². The Bertz CT molecular complexity index is 509. The lowest BCUT2D eigenvalue weighted by Crippen LogP contribution is -2.16. The molecule has 0 saturated heterocycles. The summed E-state index contributed by atoms with van der Waals surface area (Å²) in [4.78, 5) is 9.04. The lowest BCUT2D eigenvalue weighted by Gasteiger charge is -2.11. The van der Waals surface area contributed by atoms with Gasteiger partial charge in [0.15, 0.2) is 8.03 Å². The van der Waals surface area contributed by atoms with Crippen molar-refractivity contribution < 1.29 is 22.1 Å². The van der Waals surface area contributed by atoms with Crippen LogP contribution in [0.3, 0.4) is 0 Å². The van der Waals surface area contributed by atoms with Gasteiger partial charge in [0, 0.05) is 0 Å². The zero-order valence-electron chi connectivity index (χ0n) is 10.3. The van der Waals surface area contributed by atoms with Crippen LogP contribution >= 0.6 is 8.03 Å². The van der Waals surface area contributed by atoms with Crippen LogP contribution in [0.4, 0.5) is 0 Å². The standard InChI is InChI=1S/C11H17O5PS/c1-3-10(17(12)13)8-16-18(14,15)11-6-4-9(2)5-7-11/h4-7,10,17H,3,8H2,1-2H3,(H,12,13). The highest BCUT2D eigenvalue weighted by atomic mass is 32.2. The van der Waals surface area contributed by atoms with E-state index in [1.54, 1.807) is 19.1 Å². The third-order valence-corrected chi connectivity index (χ3v) is 5.15. The summed E-state index contributed by atoms with van der Waals surface area (Å²) in [7, 11) is -6.62. The van der Waals surface area contributed by atoms with Crippen molar-refractivity contribution in [2.24, 2.45) is 0 Å². The second kappa shape index (κ2) is 6.48. The smallest absolute Gasteiger partial charge is 0.296 e. The van der Waals surface area contributed by atoms with Crippen LogP contribution in [0.25, 0.3) is 0 Å². The average Bonchev–Trinajstić information content (AvgIpc) is 2.29. The molecule has 0 aliphatic carbocycles. The molecule has 1 N–H and O–H groups in total. The monoisotopic (exact) mass is 292 g/mol. The minimum absolute atomic E-state index is 0.0561. The Balaban J connectivity index is 2.76. The predicted octanol–water partition coefficient (Wildman–Crippen LogP) is 1.95. The van der Waals surface area contributed by atoms with Crippen LogP contribution in [-0.4, -0.2) is 25.6 Å². The molecule has 102 valence electrons. The second-order valence-electron chi connectivity index (χ2n) is 4.00. The van der Waals surface area contributed by atoms with Crippen LogP contribution in [0.2, 0.25) is 0 Å². The molecule has 2 unspecified atom stereocenters. The molecule has 0 bridgehead atoms. The molecule has 1 aromatic rings. The molecule has 0 aliphatic heterocycles. The van der Waals surface area contributed by atoms with Crippen LogP contribution in [-0.2, 0) is 18.9 Å². The van der Waals surface area contributed by atoms with Gasteiger partial charge in [-0.15, -0.1) is 0 Å². The molecule has 0 fully saturated rings. The van der Waals surface area contributed by atoms with Gasteiger partial charge in [-0.3, -0.25) is 8.75 Å². The Morgan fingerprint density at radius 1 is 1.33 bits per heavy atom. The van der Waals surface area contributed by atoms with E-state index in [9.17, 15) is 13.0 Å². The van der Waals surface area contributed by atoms with Crippen LogP contribution in [0, 0.1) is 6.92 Å². The van der Waals surface area contributed by atoms with Gasteiger partial charge in [0.25, 0.3) is 10.1 Å². The molecular weight excluding hydrogens is 275 g/mol. The van der Waals surface area contributed by atoms with E-state index in [4.69, 9.17) is 9.08 Å². The van der Waals surface area contributed by atoms with E-state index < -0.39 is 23.8 Å². The van der Waals surface area contributed by atoms with Crippen molar-refractivity contribution >= 4 is 18.1 Å². The molecule has 0 spiro atoms. The Morgan fingerprint density at radius 2 is 1.89 bits per heavy atom. The van der Waals surface area contributed by atoms with Crippen molar-refractivity contribution in [1.29, 1.82) is 0 Å². The number of aryl methyl sites for hydroxylation is 1. The summed E-state index contributed by atoms with van der Waals surface area (Å²) in [5.41, 5.74) is 0.316. The fourth-order valence-corrected chi connectivity index (χ4v) is 2.95. The maximum Gasteiger partial charge on any atom is 0.296 e. The molecule has 18 heavy (non-hydrogen) atoms. The molecule has 0 amide bonds. The van der Waals surface area contributed by atoms with Crippen molar-refractivity contribution in [2.75, 3.05) is 6.61 Å². The van der Waals surface area contributed by atoms with Crippen LogP contribution in [0.5, 0.6) is 0 Å². The molecule has 0 radical (unpaired) electrons. The topological polar surface area (TPSA) is 80.7 Å². The van der Waals surface area contributed by atoms with Crippen LogP contribution < -0.4 is 0 Å². The second-order valence-corrected chi connectivity index (χ2v) is 7.10. The molecule has 1 aromatic carbocycles. The largest absolute Gasteiger partial charge is 0.346 e. The van der Waals surface area contributed by atoms with Crippen molar-refractivity contribution in [3.63, 3.8) is 0 Å². The first-order valence-corrected chi connectivity index (χ1v) is 8.40. The third-order valence-electron chi connectivity index (χ3n) is 2.58. The zero-order valence-corrected chi connectivity index (χ0v) is 12.1. The van der Waals surface area contributed by atoms with Crippen molar-refractivity contribution in [2.45, 2.75) is 30.8 Å². The van der Waals surface area contributed by atoms with E-state index in [0.29, 0.717) is 6.42 Å². The first kappa shape index (κ1) is 15.4. The zero-order chi connectivity index (χ0) is 13.8. The maximum absolute atomic E-state index is 11.8. The Hall–Kier alpha value is -0.680. The number of rotatable bonds is 6. The fraction of sp³-hybridized carbons (Fsp3) is 0.455. The highest BCUT2D eigenvalue weighted by Gasteiger charge is 2.20. The quantitative estimate of drug-likeness (QED) is 0.640. The SMILES string of the molecule is CCC(COS(=O)(=O)c1ccc(C)cc1)[PH](=O)O. The summed E-state index contributed by atoms with van der Waals surface area (Å²) in [5.74, 6) is 0. The molecule has 0 aliphatic rings. The minimum atomic E-state index is -3.85. The van der Waals surface area contributed by atoms with E-state index in [0.717, 1.165) is 5.56 Å². The fourth-order valence-electron chi connectivity index (χ4n) is 1.31. The van der Waals surface area contributed by atoms with Crippen molar-refractivity contribution in [1.82, 2.24) is 0 Å². The highest BCUT2D eigenvalue weighted by Crippen LogP contribution is 2.26. The van der Waals surface area contributed by atoms with Gasteiger partial charge in [-0.1, -0.05) is 24.6 Å². The summed E-state index contributed by atoms with van der Waals surface area (Å²) in [6, 6.07) is 6.24. The Labute approximate surface area is 108 Å². The minimum Gasteiger partial charge on any atom is -0.346 e. The molecule has 1 rings (SSSR count). The molecular formula is C11H17O5PS. The summed E-state index contributed by atoms with van der Waals surface area (Å²) < 4.78 is 39.3. The van der Waals surface area contributed by atoms with E-state index in [1.165, 1.54) is 12.1 Å². The van der Waals surface area contributed by atoms with Crippen LogP contribution in [0.15, 0.2) is 29.2 Å². The van der Waals surface area contributed by atoms with Gasteiger partial charge in [-0.05, 0) is 25.5 Å². The summed E-state index contributed by atoms with van der Waals surface area (Å²) >= 11 is 0. The average molecular weight is 292 g/mol. The van der Waals surface area contributed by atoms with Gasteiger partial charge in [-0.2, -0.15) is 8.42 Å². The van der Waals surface area contributed by atoms with Gasteiger partial charge >= 0.3 is 0 Å². The molecule has 5 nitrogen and oxygen atoms in total. The van der Waals surface area contributed by atoms with Gasteiger partial charge in [-0.25, -0.2) is 0 Å². The van der Waals surface area contributed by atoms with Gasteiger partial charge in [0.05, 0.1) is 17.2 Å². The third kappa shape index (κ3) is 4.21. The maximum atomic E-state index is 11.8. The Kier molecular flexibility index (Phi) is 5.53. The van der Waals surface area contributed by atoms with Crippen molar-refractivity contribution in [3.05, 3.63) is 29.8 Å². The summed E-state index contributed by atoms with van der Waals surface area (Å²) in [6.07, 6.45) is 0.401. The van der Waals surface area contributed by atoms with E-state index in [-0.39, 0.29) is 11.5 Å². The first-order valence-electron chi connectivity index (χ1n) is 5.55. The molecule has 0 heterocycles. The lowest BCUT2D eigenvalue weighted by molar-refractivity contribution is 0.306. The number of hydrogen-bond donors (Lipinski definition) is 1. The van der Waals surface area contributed by atoms with E-state index >= 15 is 0 Å². The lowest BCUT2D eigenvalue weighted by atomic mass is 10.2. The molecule has 2 atom stereocenters. The molecule has 0 saturated carbocycles. The predicted molar refractivity (Wildman–Crippen MR) is 69.6 cm³/mol. The van der Waals surface area contributed by atoms with E-state index in [1.807, 2.05) is 6.92 Å². The highest BCUT2D eigenvalue weighted by molar-refractivity contribution is 7.86. The summed E-state index contributed by atoms with van der Waals surface area (Å²) in [5, 5.41) is 0. The molecule has 0 aromatic heterocycles. The number of hydrogen-bond acceptors (Lipinski definition) is 4.